The van der Waals surface area contributed by atoms with Gasteiger partial charge in [-0.25, -0.2) is 4.98 Å². The van der Waals surface area contributed by atoms with E-state index in [-0.39, 0.29) is 17.6 Å². The molecule has 0 N–H and O–H groups in total. The van der Waals surface area contributed by atoms with Gasteiger partial charge in [0.15, 0.2) is 0 Å². The van der Waals surface area contributed by atoms with E-state index in [1.165, 1.54) is 0 Å². The predicted octanol–water partition coefficient (Wildman–Crippen LogP) is 1.34. The van der Waals surface area contributed by atoms with Crippen molar-refractivity contribution in [1.82, 2.24) is 9.88 Å². The minimum absolute atomic E-state index is 0.161. The largest absolute Gasteiger partial charge is 0.352 e. The summed E-state index contributed by atoms with van der Waals surface area (Å²) in [6, 6.07) is 3.44. The third-order valence-electron chi connectivity index (χ3n) is 2.47. The standard InChI is InChI=1S/C10H15ClN4O2/c1-13(2)10(7-15(16)17)14(3)8-4-5-9(11)12-6-8/h4-6,10H,7H2,1-3H3. The van der Waals surface area contributed by atoms with Crippen LogP contribution in [0.25, 0.3) is 0 Å². The summed E-state index contributed by atoms with van der Waals surface area (Å²) < 4.78 is 0. The highest BCUT2D eigenvalue weighted by atomic mass is 35.5. The molecule has 1 unspecified atom stereocenters. The molecule has 17 heavy (non-hydrogen) atoms. The van der Waals surface area contributed by atoms with Crippen molar-refractivity contribution in [3.8, 4) is 0 Å². The van der Waals surface area contributed by atoms with E-state index in [1.54, 1.807) is 49.3 Å². The molecule has 0 fully saturated rings. The average molecular weight is 259 g/mol. The van der Waals surface area contributed by atoms with Crippen molar-refractivity contribution in [2.75, 3.05) is 32.6 Å². The highest BCUT2D eigenvalue weighted by Gasteiger charge is 2.23. The van der Waals surface area contributed by atoms with Gasteiger partial charge in [0.25, 0.3) is 0 Å². The minimum atomic E-state index is -0.329. The van der Waals surface area contributed by atoms with E-state index in [0.717, 1.165) is 5.69 Å². The summed E-state index contributed by atoms with van der Waals surface area (Å²) in [5.41, 5.74) is 0.787. The molecule has 0 saturated heterocycles. The quantitative estimate of drug-likeness (QED) is 0.345. The number of aromatic nitrogens is 1. The molecular weight excluding hydrogens is 244 g/mol. The maximum atomic E-state index is 10.6. The molecule has 1 heterocycles. The molecule has 1 rings (SSSR count). The maximum absolute atomic E-state index is 10.6. The Bertz CT molecular complexity index is 382. The average Bonchev–Trinajstić information content (AvgIpc) is 2.25. The number of rotatable bonds is 5. The molecule has 1 aromatic rings. The molecule has 0 spiro atoms. The van der Waals surface area contributed by atoms with Gasteiger partial charge in [0, 0.05) is 12.0 Å². The second kappa shape index (κ2) is 5.79. The van der Waals surface area contributed by atoms with E-state index in [0.29, 0.717) is 5.15 Å². The molecule has 0 bridgehead atoms. The molecule has 1 aromatic heterocycles. The number of halogens is 1. The van der Waals surface area contributed by atoms with Crippen molar-refractivity contribution in [2.45, 2.75) is 6.17 Å². The lowest BCUT2D eigenvalue weighted by Gasteiger charge is -2.31. The van der Waals surface area contributed by atoms with Crippen molar-refractivity contribution >= 4 is 17.3 Å². The maximum Gasteiger partial charge on any atom is 0.237 e. The van der Waals surface area contributed by atoms with Crippen LogP contribution in [0, 0.1) is 10.1 Å². The fourth-order valence-electron chi connectivity index (χ4n) is 1.51. The number of hydrogen-bond donors (Lipinski definition) is 0. The minimum Gasteiger partial charge on any atom is -0.352 e. The first-order valence-electron chi connectivity index (χ1n) is 5.04. The van der Waals surface area contributed by atoms with Crippen molar-refractivity contribution in [3.63, 3.8) is 0 Å². The monoisotopic (exact) mass is 258 g/mol. The Morgan fingerprint density at radius 3 is 2.53 bits per heavy atom. The molecular formula is C10H15ClN4O2. The second-order valence-corrected chi connectivity index (χ2v) is 4.30. The first-order chi connectivity index (χ1) is 7.91. The van der Waals surface area contributed by atoms with Gasteiger partial charge in [0.1, 0.15) is 11.3 Å². The van der Waals surface area contributed by atoms with Gasteiger partial charge in [0.05, 0.1) is 11.9 Å². The van der Waals surface area contributed by atoms with Crippen molar-refractivity contribution in [3.05, 3.63) is 33.6 Å². The fourth-order valence-corrected chi connectivity index (χ4v) is 1.63. The number of anilines is 1. The van der Waals surface area contributed by atoms with Crippen LogP contribution in [0.15, 0.2) is 18.3 Å². The SMILES string of the molecule is CN(C)C(C[N+](=O)[O-])N(C)c1ccc(Cl)nc1. The van der Waals surface area contributed by atoms with Crippen LogP contribution >= 0.6 is 11.6 Å². The molecule has 6 nitrogen and oxygen atoms in total. The zero-order valence-corrected chi connectivity index (χ0v) is 10.8. The first-order valence-corrected chi connectivity index (χ1v) is 5.42. The van der Waals surface area contributed by atoms with Crippen LogP contribution in [0.2, 0.25) is 5.15 Å². The summed E-state index contributed by atoms with van der Waals surface area (Å²) in [6.07, 6.45) is 1.27. The Balaban J connectivity index is 2.87. The lowest BCUT2D eigenvalue weighted by atomic mass is 10.3. The summed E-state index contributed by atoms with van der Waals surface area (Å²) in [5.74, 6) is 0. The third-order valence-corrected chi connectivity index (χ3v) is 2.70. The lowest BCUT2D eigenvalue weighted by Crippen LogP contribution is -2.47. The molecule has 0 radical (unpaired) electrons. The summed E-state index contributed by atoms with van der Waals surface area (Å²) in [4.78, 5) is 17.8. The summed E-state index contributed by atoms with van der Waals surface area (Å²) in [6.45, 7) is -0.161. The topological polar surface area (TPSA) is 62.5 Å². The highest BCUT2D eigenvalue weighted by molar-refractivity contribution is 6.29. The summed E-state index contributed by atoms with van der Waals surface area (Å²) in [5, 5.41) is 11.0. The van der Waals surface area contributed by atoms with Gasteiger partial charge in [-0.2, -0.15) is 0 Å². The molecule has 0 saturated carbocycles. The molecule has 0 amide bonds. The van der Waals surface area contributed by atoms with E-state index in [9.17, 15) is 10.1 Å². The number of nitrogens with zero attached hydrogens (tertiary/aromatic N) is 4. The lowest BCUT2D eigenvalue weighted by molar-refractivity contribution is -0.486. The van der Waals surface area contributed by atoms with Gasteiger partial charge >= 0.3 is 0 Å². The van der Waals surface area contributed by atoms with Gasteiger partial charge < -0.3 is 4.90 Å². The molecule has 1 atom stereocenters. The van der Waals surface area contributed by atoms with Crippen LogP contribution in [0.1, 0.15) is 0 Å². The van der Waals surface area contributed by atoms with Crippen LogP contribution in [0.3, 0.4) is 0 Å². The molecule has 94 valence electrons. The van der Waals surface area contributed by atoms with E-state index >= 15 is 0 Å². The normalized spacial score (nSPS) is 12.5. The van der Waals surface area contributed by atoms with Gasteiger partial charge in [-0.15, -0.1) is 0 Å². The Morgan fingerprint density at radius 2 is 2.12 bits per heavy atom. The Hall–Kier alpha value is -1.40. The smallest absolute Gasteiger partial charge is 0.237 e. The van der Waals surface area contributed by atoms with Crippen LogP contribution in [0.4, 0.5) is 5.69 Å². The Labute approximate surface area is 105 Å². The predicted molar refractivity (Wildman–Crippen MR) is 67.0 cm³/mol. The summed E-state index contributed by atoms with van der Waals surface area (Å²) >= 11 is 5.69. The van der Waals surface area contributed by atoms with Gasteiger partial charge in [-0.1, -0.05) is 11.6 Å². The molecule has 0 aliphatic heterocycles. The molecule has 7 heteroatoms. The van der Waals surface area contributed by atoms with Crippen LogP contribution in [-0.4, -0.2) is 48.7 Å². The van der Waals surface area contributed by atoms with E-state index in [2.05, 4.69) is 4.98 Å². The van der Waals surface area contributed by atoms with Crippen LogP contribution in [0.5, 0.6) is 0 Å². The summed E-state index contributed by atoms with van der Waals surface area (Å²) in [7, 11) is 5.39. The van der Waals surface area contributed by atoms with Crippen LogP contribution < -0.4 is 4.90 Å². The highest BCUT2D eigenvalue weighted by Crippen LogP contribution is 2.17. The molecule has 0 aliphatic carbocycles. The number of likely N-dealkylation sites (N-methyl/N-ethyl adjacent to an activating group) is 2. The fraction of sp³-hybridized carbons (Fsp3) is 0.500. The molecule has 0 aliphatic rings. The Kier molecular flexibility index (Phi) is 4.65. The second-order valence-electron chi connectivity index (χ2n) is 3.91. The van der Waals surface area contributed by atoms with E-state index in [1.807, 2.05) is 0 Å². The van der Waals surface area contributed by atoms with E-state index < -0.39 is 0 Å². The van der Waals surface area contributed by atoms with Crippen molar-refractivity contribution < 1.29 is 4.92 Å². The third kappa shape index (κ3) is 3.83. The Morgan fingerprint density at radius 1 is 1.47 bits per heavy atom. The number of hydrogen-bond acceptors (Lipinski definition) is 5. The van der Waals surface area contributed by atoms with Crippen LogP contribution in [-0.2, 0) is 0 Å². The zero-order chi connectivity index (χ0) is 13.0. The first kappa shape index (κ1) is 13.7. The van der Waals surface area contributed by atoms with E-state index in [4.69, 9.17) is 11.6 Å². The van der Waals surface area contributed by atoms with Crippen molar-refractivity contribution in [1.29, 1.82) is 0 Å². The molecule has 0 aromatic carbocycles. The van der Waals surface area contributed by atoms with Gasteiger partial charge in [-0.05, 0) is 26.2 Å². The van der Waals surface area contributed by atoms with Crippen molar-refractivity contribution in [2.24, 2.45) is 0 Å². The number of nitro groups is 1. The van der Waals surface area contributed by atoms with Gasteiger partial charge in [-0.3, -0.25) is 15.0 Å². The zero-order valence-electron chi connectivity index (χ0n) is 10.00. The van der Waals surface area contributed by atoms with Gasteiger partial charge in [0.2, 0.25) is 6.54 Å². The number of pyridine rings is 1.